The number of para-hydroxylation sites is 5. The molecule has 8 aromatic rings. The zero-order valence-corrected chi connectivity index (χ0v) is 21.9. The number of imidazole rings is 2. The number of nitrogens with zero attached hydrogens (tertiary/aromatic N) is 5. The molecule has 40 heavy (non-hydrogen) atoms. The Bertz CT molecular complexity index is 2250. The largest absolute Gasteiger partial charge is 0.456 e. The van der Waals surface area contributed by atoms with Crippen LogP contribution in [0.2, 0.25) is 0 Å². The highest BCUT2D eigenvalue weighted by Crippen LogP contribution is 2.61. The van der Waals surface area contributed by atoms with E-state index in [1.165, 1.54) is 0 Å². The molecule has 7 nitrogen and oxygen atoms in total. The van der Waals surface area contributed by atoms with E-state index in [9.17, 15) is 0 Å². The molecule has 1 aliphatic heterocycles. The van der Waals surface area contributed by atoms with Gasteiger partial charge in [0.15, 0.2) is 0 Å². The van der Waals surface area contributed by atoms with Crippen LogP contribution in [0.3, 0.4) is 0 Å². The molecule has 0 spiro atoms. The lowest BCUT2D eigenvalue weighted by Crippen LogP contribution is -2.29. The first-order chi connectivity index (χ1) is 19.7. The maximum absolute atomic E-state index is 15.7. The zero-order chi connectivity index (χ0) is 26.4. The van der Waals surface area contributed by atoms with Gasteiger partial charge in [-0.25, -0.2) is 23.5 Å². The number of benzene rings is 5. The van der Waals surface area contributed by atoms with Crippen LogP contribution in [0.25, 0.3) is 44.0 Å². The van der Waals surface area contributed by atoms with Gasteiger partial charge < -0.3 is 4.42 Å². The predicted molar refractivity (Wildman–Crippen MR) is 159 cm³/mol. The number of aromatic nitrogens is 4. The Morgan fingerprint density at radius 1 is 0.575 bits per heavy atom. The SMILES string of the molecule is O=P1(c2ccccc2)n2c(nc3ccccc32)N(c2ccc3c(c2)oc2ccccc23)c2nc3ccccc3n21. The minimum atomic E-state index is -3.53. The molecule has 0 saturated carbocycles. The second-order valence-electron chi connectivity index (χ2n) is 9.92. The molecule has 0 amide bonds. The minimum Gasteiger partial charge on any atom is -0.456 e. The van der Waals surface area contributed by atoms with Crippen molar-refractivity contribution in [2.45, 2.75) is 0 Å². The van der Waals surface area contributed by atoms with E-state index >= 15 is 4.57 Å². The smallest absolute Gasteiger partial charge is 0.306 e. The summed E-state index contributed by atoms with van der Waals surface area (Å²) in [5.74, 6) is 1.10. The number of anilines is 3. The van der Waals surface area contributed by atoms with Crippen molar-refractivity contribution in [3.05, 3.63) is 121 Å². The molecule has 1 aliphatic rings. The zero-order valence-electron chi connectivity index (χ0n) is 21.0. The van der Waals surface area contributed by atoms with Crippen LogP contribution in [0.1, 0.15) is 0 Å². The number of fused-ring (bicyclic) bond motifs is 9. The van der Waals surface area contributed by atoms with Gasteiger partial charge in [-0.05, 0) is 54.6 Å². The predicted octanol–water partition coefficient (Wildman–Crippen LogP) is 7.98. The number of rotatable bonds is 2. The molecule has 9 rings (SSSR count). The lowest BCUT2D eigenvalue weighted by atomic mass is 10.1. The lowest BCUT2D eigenvalue weighted by Gasteiger charge is -2.35. The second-order valence-corrected chi connectivity index (χ2v) is 12.3. The van der Waals surface area contributed by atoms with Crippen LogP contribution in [0.4, 0.5) is 17.6 Å². The second kappa shape index (κ2) is 7.72. The molecular formula is C32H20N5O2P. The van der Waals surface area contributed by atoms with Crippen molar-refractivity contribution in [2.75, 3.05) is 4.90 Å². The maximum Gasteiger partial charge on any atom is 0.306 e. The van der Waals surface area contributed by atoms with Crippen molar-refractivity contribution in [3.8, 4) is 0 Å². The van der Waals surface area contributed by atoms with Crippen molar-refractivity contribution in [3.63, 3.8) is 0 Å². The average molecular weight is 538 g/mol. The summed E-state index contributed by atoms with van der Waals surface area (Å²) in [5.41, 5.74) is 5.53. The molecule has 0 radical (unpaired) electrons. The van der Waals surface area contributed by atoms with E-state index in [1.807, 2.05) is 117 Å². The fraction of sp³-hybridized carbons (Fsp3) is 0. The van der Waals surface area contributed by atoms with Crippen LogP contribution >= 0.6 is 7.44 Å². The molecule has 190 valence electrons. The van der Waals surface area contributed by atoms with Crippen molar-refractivity contribution in [1.29, 1.82) is 0 Å². The van der Waals surface area contributed by atoms with Crippen LogP contribution in [-0.2, 0) is 4.57 Å². The average Bonchev–Trinajstić information content (AvgIpc) is 3.69. The van der Waals surface area contributed by atoms with Gasteiger partial charge >= 0.3 is 7.44 Å². The molecule has 3 aromatic heterocycles. The van der Waals surface area contributed by atoms with Crippen LogP contribution in [0.15, 0.2) is 126 Å². The van der Waals surface area contributed by atoms with Gasteiger partial charge in [0.1, 0.15) is 11.2 Å². The van der Waals surface area contributed by atoms with E-state index in [0.717, 1.165) is 49.7 Å². The molecule has 0 fully saturated rings. The summed E-state index contributed by atoms with van der Waals surface area (Å²) in [6.07, 6.45) is 0. The Kier molecular flexibility index (Phi) is 4.20. The summed E-state index contributed by atoms with van der Waals surface area (Å²) >= 11 is 0. The summed E-state index contributed by atoms with van der Waals surface area (Å²) in [7, 11) is -3.53. The third-order valence-corrected chi connectivity index (χ3v) is 10.5. The molecule has 0 saturated heterocycles. The molecule has 0 N–H and O–H groups in total. The van der Waals surface area contributed by atoms with Gasteiger partial charge in [0.05, 0.1) is 33.1 Å². The first kappa shape index (κ1) is 21.8. The molecule has 4 heterocycles. The van der Waals surface area contributed by atoms with Crippen molar-refractivity contribution >= 4 is 74.3 Å². The van der Waals surface area contributed by atoms with E-state index in [0.29, 0.717) is 17.2 Å². The van der Waals surface area contributed by atoms with Crippen molar-refractivity contribution < 1.29 is 8.98 Å². The van der Waals surface area contributed by atoms with E-state index < -0.39 is 7.44 Å². The summed E-state index contributed by atoms with van der Waals surface area (Å²) in [5, 5.41) is 2.81. The van der Waals surface area contributed by atoms with Crippen LogP contribution in [0.5, 0.6) is 0 Å². The lowest BCUT2D eigenvalue weighted by molar-refractivity contribution is 0.569. The Morgan fingerprint density at radius 2 is 1.15 bits per heavy atom. The third kappa shape index (κ3) is 2.72. The van der Waals surface area contributed by atoms with Crippen LogP contribution in [0, 0.1) is 0 Å². The monoisotopic (exact) mass is 537 g/mol. The molecule has 0 aliphatic carbocycles. The number of hydrogen-bond donors (Lipinski definition) is 0. The topological polar surface area (TPSA) is 69.1 Å². The van der Waals surface area contributed by atoms with Gasteiger partial charge in [0.25, 0.3) is 0 Å². The van der Waals surface area contributed by atoms with Crippen LogP contribution < -0.4 is 10.2 Å². The Balaban J connectivity index is 1.43. The number of hydrogen-bond acceptors (Lipinski definition) is 5. The quantitative estimate of drug-likeness (QED) is 0.209. The van der Waals surface area contributed by atoms with Gasteiger partial charge in [-0.2, -0.15) is 0 Å². The van der Waals surface area contributed by atoms with Crippen LogP contribution in [-0.4, -0.2) is 18.6 Å². The highest BCUT2D eigenvalue weighted by atomic mass is 31.2. The van der Waals surface area contributed by atoms with Gasteiger partial charge in [0.2, 0.25) is 11.9 Å². The van der Waals surface area contributed by atoms with Crippen molar-refractivity contribution in [1.82, 2.24) is 18.6 Å². The fourth-order valence-corrected chi connectivity index (χ4v) is 8.82. The first-order valence-electron chi connectivity index (χ1n) is 13.1. The summed E-state index contributed by atoms with van der Waals surface area (Å²) in [4.78, 5) is 12.1. The summed E-state index contributed by atoms with van der Waals surface area (Å²) < 4.78 is 25.8. The third-order valence-electron chi connectivity index (χ3n) is 7.69. The Labute approximate surface area is 228 Å². The minimum absolute atomic E-state index is 0.548. The standard InChI is InChI=1S/C32H20N5O2P/c38-40(22-10-2-1-3-11-22)36-27-15-7-5-13-25(27)33-31(36)35(32-34-26-14-6-8-16-28(26)37(32)40)21-18-19-24-23-12-4-9-17-29(23)39-30(24)20-21/h1-20H. The Morgan fingerprint density at radius 3 is 1.85 bits per heavy atom. The highest BCUT2D eigenvalue weighted by molar-refractivity contribution is 7.69. The molecule has 0 unspecified atom stereocenters. The molecule has 0 atom stereocenters. The van der Waals surface area contributed by atoms with E-state index in [2.05, 4.69) is 18.2 Å². The maximum atomic E-state index is 15.7. The molecule has 0 bridgehead atoms. The van der Waals surface area contributed by atoms with Gasteiger partial charge in [-0.1, -0.05) is 60.7 Å². The molecular weight excluding hydrogens is 517 g/mol. The normalized spacial score (nSPS) is 14.2. The van der Waals surface area contributed by atoms with Gasteiger partial charge in [0, 0.05) is 16.8 Å². The highest BCUT2D eigenvalue weighted by Gasteiger charge is 2.45. The van der Waals surface area contributed by atoms with Crippen molar-refractivity contribution in [2.24, 2.45) is 0 Å². The fourth-order valence-electron chi connectivity index (χ4n) is 5.94. The van der Waals surface area contributed by atoms with E-state index in [1.54, 1.807) is 0 Å². The van der Waals surface area contributed by atoms with E-state index in [4.69, 9.17) is 14.4 Å². The van der Waals surface area contributed by atoms with Gasteiger partial charge in [-0.3, -0.25) is 4.57 Å². The number of furan rings is 1. The van der Waals surface area contributed by atoms with Gasteiger partial charge in [-0.15, -0.1) is 0 Å². The summed E-state index contributed by atoms with van der Waals surface area (Å²) in [6, 6.07) is 39.5. The first-order valence-corrected chi connectivity index (χ1v) is 14.7. The molecule has 8 heteroatoms. The Hall–Kier alpha value is -5.13. The van der Waals surface area contributed by atoms with E-state index in [-0.39, 0.29) is 0 Å². The summed E-state index contributed by atoms with van der Waals surface area (Å²) in [6.45, 7) is 0. The molecule has 5 aromatic carbocycles.